The Bertz CT molecular complexity index is 447. The summed E-state index contributed by atoms with van der Waals surface area (Å²) in [7, 11) is 0. The predicted octanol–water partition coefficient (Wildman–Crippen LogP) is 1.54. The van der Waals surface area contributed by atoms with Crippen molar-refractivity contribution in [3.05, 3.63) is 20.7 Å². The van der Waals surface area contributed by atoms with Crippen molar-refractivity contribution >= 4 is 11.3 Å². The van der Waals surface area contributed by atoms with Crippen molar-refractivity contribution in [2.24, 2.45) is 0 Å². The lowest BCUT2D eigenvalue weighted by molar-refractivity contribution is 0.202. The van der Waals surface area contributed by atoms with Gasteiger partial charge in [-0.2, -0.15) is 0 Å². The molecule has 1 spiro atoms. The van der Waals surface area contributed by atoms with Crippen LogP contribution >= 0.6 is 11.3 Å². The van der Waals surface area contributed by atoms with Crippen molar-refractivity contribution in [2.75, 3.05) is 19.6 Å². The van der Waals surface area contributed by atoms with Gasteiger partial charge in [0.25, 0.3) is 0 Å². The Morgan fingerprint density at radius 3 is 2.89 bits per heavy atom. The average molecular weight is 267 g/mol. The number of nitrogens with zero attached hydrogens (tertiary/aromatic N) is 1. The predicted molar refractivity (Wildman–Crippen MR) is 74.0 cm³/mol. The Morgan fingerprint density at radius 1 is 1.33 bits per heavy atom. The lowest BCUT2D eigenvalue weighted by Gasteiger charge is -2.33. The summed E-state index contributed by atoms with van der Waals surface area (Å²) in [4.78, 5) is 16.7. The molecule has 0 radical (unpaired) electrons. The van der Waals surface area contributed by atoms with E-state index in [1.54, 1.807) is 0 Å². The van der Waals surface area contributed by atoms with Gasteiger partial charge in [0.15, 0.2) is 0 Å². The SMILES string of the molecule is O=c1[nH]c(CN2CCCNC3(CCCC3)C2)cs1. The van der Waals surface area contributed by atoms with Crippen LogP contribution in [0.1, 0.15) is 37.8 Å². The number of rotatable bonds is 2. The summed E-state index contributed by atoms with van der Waals surface area (Å²) in [5.74, 6) is 0. The minimum atomic E-state index is 0.0635. The first-order valence-corrected chi connectivity index (χ1v) is 7.78. The van der Waals surface area contributed by atoms with E-state index in [1.165, 1.54) is 43.4 Å². The summed E-state index contributed by atoms with van der Waals surface area (Å²) >= 11 is 1.27. The van der Waals surface area contributed by atoms with Crippen LogP contribution < -0.4 is 10.2 Å². The maximum atomic E-state index is 11.2. The fraction of sp³-hybridized carbons (Fsp3) is 0.769. The maximum Gasteiger partial charge on any atom is 0.304 e. The van der Waals surface area contributed by atoms with Crippen molar-refractivity contribution in [3.8, 4) is 0 Å². The van der Waals surface area contributed by atoms with Crippen LogP contribution in [0.3, 0.4) is 0 Å². The monoisotopic (exact) mass is 267 g/mol. The quantitative estimate of drug-likeness (QED) is 0.854. The minimum Gasteiger partial charge on any atom is -0.315 e. The van der Waals surface area contributed by atoms with Gasteiger partial charge < -0.3 is 10.3 Å². The molecule has 5 heteroatoms. The van der Waals surface area contributed by atoms with Crippen LogP contribution in [0.5, 0.6) is 0 Å². The Labute approximate surface area is 111 Å². The molecule has 4 nitrogen and oxygen atoms in total. The van der Waals surface area contributed by atoms with Crippen LogP contribution in [0.4, 0.5) is 0 Å². The van der Waals surface area contributed by atoms with Crippen LogP contribution in [-0.2, 0) is 6.54 Å². The fourth-order valence-corrected chi connectivity index (χ4v) is 3.95. The van der Waals surface area contributed by atoms with Gasteiger partial charge in [-0.25, -0.2) is 0 Å². The molecule has 0 unspecified atom stereocenters. The summed E-state index contributed by atoms with van der Waals surface area (Å²) in [5, 5.41) is 5.73. The molecule has 100 valence electrons. The number of aromatic nitrogens is 1. The highest BCUT2D eigenvalue weighted by Gasteiger charge is 2.36. The smallest absolute Gasteiger partial charge is 0.304 e. The van der Waals surface area contributed by atoms with E-state index in [-0.39, 0.29) is 4.87 Å². The molecule has 0 bridgehead atoms. The molecule has 18 heavy (non-hydrogen) atoms. The zero-order chi connectivity index (χ0) is 12.4. The van der Waals surface area contributed by atoms with E-state index >= 15 is 0 Å². The van der Waals surface area contributed by atoms with Gasteiger partial charge in [-0.3, -0.25) is 9.69 Å². The van der Waals surface area contributed by atoms with Crippen molar-refractivity contribution in [2.45, 2.75) is 44.2 Å². The molecule has 2 N–H and O–H groups in total. The van der Waals surface area contributed by atoms with E-state index in [4.69, 9.17) is 0 Å². The fourth-order valence-electron chi connectivity index (χ4n) is 3.37. The van der Waals surface area contributed by atoms with E-state index in [1.807, 2.05) is 5.38 Å². The molecule has 0 aromatic carbocycles. The summed E-state index contributed by atoms with van der Waals surface area (Å²) in [6, 6.07) is 0. The third kappa shape index (κ3) is 2.68. The zero-order valence-electron chi connectivity index (χ0n) is 10.7. The standard InChI is InChI=1S/C13H21N3OS/c17-12-15-11(9-18-12)8-16-7-3-6-14-13(10-16)4-1-2-5-13/h9,14H,1-8,10H2,(H,15,17). The topological polar surface area (TPSA) is 48.1 Å². The van der Waals surface area contributed by atoms with Crippen molar-refractivity contribution in [1.29, 1.82) is 0 Å². The highest BCUT2D eigenvalue weighted by Crippen LogP contribution is 2.31. The van der Waals surface area contributed by atoms with Crippen LogP contribution in [0.2, 0.25) is 0 Å². The molecule has 1 aliphatic heterocycles. The minimum absolute atomic E-state index is 0.0635. The molecule has 1 aliphatic carbocycles. The number of hydrogen-bond acceptors (Lipinski definition) is 4. The van der Waals surface area contributed by atoms with E-state index in [2.05, 4.69) is 15.2 Å². The second kappa shape index (κ2) is 5.15. The molecule has 3 rings (SSSR count). The maximum absolute atomic E-state index is 11.2. The Morgan fingerprint density at radius 2 is 2.17 bits per heavy atom. The largest absolute Gasteiger partial charge is 0.315 e. The Hall–Kier alpha value is -0.650. The van der Waals surface area contributed by atoms with E-state index in [0.29, 0.717) is 5.54 Å². The van der Waals surface area contributed by atoms with Crippen molar-refractivity contribution < 1.29 is 0 Å². The van der Waals surface area contributed by atoms with Crippen LogP contribution in [-0.4, -0.2) is 35.1 Å². The van der Waals surface area contributed by atoms with E-state index < -0.39 is 0 Å². The zero-order valence-corrected chi connectivity index (χ0v) is 11.5. The number of hydrogen-bond donors (Lipinski definition) is 2. The third-order valence-electron chi connectivity index (χ3n) is 4.20. The van der Waals surface area contributed by atoms with Gasteiger partial charge in [0, 0.05) is 29.7 Å². The molecular formula is C13H21N3OS. The van der Waals surface area contributed by atoms with Gasteiger partial charge in [-0.05, 0) is 32.4 Å². The summed E-state index contributed by atoms with van der Waals surface area (Å²) in [6.45, 7) is 4.29. The first-order valence-electron chi connectivity index (χ1n) is 6.90. The van der Waals surface area contributed by atoms with Gasteiger partial charge in [-0.1, -0.05) is 24.2 Å². The lowest BCUT2D eigenvalue weighted by Crippen LogP contribution is -2.49. The van der Waals surface area contributed by atoms with E-state index in [9.17, 15) is 4.79 Å². The number of nitrogens with one attached hydrogen (secondary N) is 2. The summed E-state index contributed by atoms with van der Waals surface area (Å²) in [6.07, 6.45) is 6.54. The number of aromatic amines is 1. The third-order valence-corrected chi connectivity index (χ3v) is 4.92. The van der Waals surface area contributed by atoms with Gasteiger partial charge in [0.1, 0.15) is 0 Å². The molecular weight excluding hydrogens is 246 g/mol. The second-order valence-corrected chi connectivity index (χ2v) is 6.49. The molecule has 1 saturated heterocycles. The molecule has 2 fully saturated rings. The second-order valence-electron chi connectivity index (χ2n) is 5.65. The Kier molecular flexibility index (Phi) is 3.54. The molecule has 0 amide bonds. The van der Waals surface area contributed by atoms with Gasteiger partial charge in [0.05, 0.1) is 0 Å². The highest BCUT2D eigenvalue weighted by molar-refractivity contribution is 7.07. The number of thiazole rings is 1. The Balaban J connectivity index is 1.69. The molecule has 1 aromatic heterocycles. The average Bonchev–Trinajstić information content (AvgIpc) is 2.89. The van der Waals surface area contributed by atoms with Crippen LogP contribution in [0.25, 0.3) is 0 Å². The molecule has 2 heterocycles. The van der Waals surface area contributed by atoms with Crippen molar-refractivity contribution in [3.63, 3.8) is 0 Å². The van der Waals surface area contributed by atoms with Crippen molar-refractivity contribution in [1.82, 2.24) is 15.2 Å². The van der Waals surface area contributed by atoms with Gasteiger partial charge in [-0.15, -0.1) is 0 Å². The molecule has 2 aliphatic rings. The first kappa shape index (κ1) is 12.4. The van der Waals surface area contributed by atoms with Crippen LogP contribution in [0, 0.1) is 0 Å². The van der Waals surface area contributed by atoms with E-state index in [0.717, 1.165) is 31.9 Å². The van der Waals surface area contributed by atoms with Gasteiger partial charge >= 0.3 is 4.87 Å². The summed E-state index contributed by atoms with van der Waals surface area (Å²) in [5.41, 5.74) is 1.42. The lowest BCUT2D eigenvalue weighted by atomic mass is 9.97. The highest BCUT2D eigenvalue weighted by atomic mass is 32.1. The summed E-state index contributed by atoms with van der Waals surface area (Å²) < 4.78 is 0. The van der Waals surface area contributed by atoms with Gasteiger partial charge in [0.2, 0.25) is 0 Å². The number of H-pyrrole nitrogens is 1. The molecule has 0 atom stereocenters. The molecule has 1 aromatic rings. The first-order chi connectivity index (χ1) is 8.76. The molecule has 1 saturated carbocycles. The normalized spacial score (nSPS) is 24.4. The van der Waals surface area contributed by atoms with Crippen LogP contribution in [0.15, 0.2) is 10.2 Å².